The van der Waals surface area contributed by atoms with Crippen molar-refractivity contribution in [2.24, 2.45) is 11.3 Å². The third-order valence-corrected chi connectivity index (χ3v) is 4.80. The molecule has 0 radical (unpaired) electrons. The average molecular weight is 334 g/mol. The molecule has 2 amide bonds. The second-order valence-electron chi connectivity index (χ2n) is 7.70. The monoisotopic (exact) mass is 334 g/mol. The lowest BCUT2D eigenvalue weighted by Gasteiger charge is -2.42. The Bertz CT molecular complexity index is 591. The molecule has 0 aromatic carbocycles. The van der Waals surface area contributed by atoms with E-state index in [1.54, 1.807) is 12.3 Å². The van der Waals surface area contributed by atoms with Crippen molar-refractivity contribution in [1.82, 2.24) is 10.2 Å². The molecule has 0 spiro atoms. The number of amides is 2. The van der Waals surface area contributed by atoms with E-state index < -0.39 is 5.41 Å². The van der Waals surface area contributed by atoms with E-state index in [-0.39, 0.29) is 29.9 Å². The molecule has 0 saturated carbocycles. The maximum atomic E-state index is 12.8. The normalized spacial score (nSPS) is 27.0. The van der Waals surface area contributed by atoms with Crippen molar-refractivity contribution in [3.8, 4) is 0 Å². The number of hydrogen-bond donors (Lipinski definition) is 1. The predicted molar refractivity (Wildman–Crippen MR) is 88.0 cm³/mol. The number of rotatable bonds is 3. The maximum Gasteiger partial charge on any atom is 0.228 e. The first-order chi connectivity index (χ1) is 11.4. The molecule has 132 valence electrons. The van der Waals surface area contributed by atoms with Gasteiger partial charge in [0, 0.05) is 18.6 Å². The molecule has 24 heavy (non-hydrogen) atoms. The summed E-state index contributed by atoms with van der Waals surface area (Å²) in [6.07, 6.45) is 3.07. The molecule has 3 atom stereocenters. The second kappa shape index (κ2) is 6.59. The standard InChI is InChI=1S/C18H26N2O4/c1-18(2,3)17(22)20-11-12(9-15-14(20)6-8-24-15)16(21)19-10-13-5-4-7-23-13/h4-5,7,12,14-15H,6,8-11H2,1-3H3,(H,19,21)/t12-,14+,15+/m0/s1. The molecule has 2 aliphatic rings. The summed E-state index contributed by atoms with van der Waals surface area (Å²) in [5.74, 6) is 0.515. The van der Waals surface area contributed by atoms with Gasteiger partial charge in [-0.2, -0.15) is 0 Å². The number of nitrogens with zero attached hydrogens (tertiary/aromatic N) is 1. The van der Waals surface area contributed by atoms with Gasteiger partial charge in [0.25, 0.3) is 0 Å². The van der Waals surface area contributed by atoms with E-state index in [4.69, 9.17) is 9.15 Å². The zero-order valence-corrected chi connectivity index (χ0v) is 14.6. The van der Waals surface area contributed by atoms with Crippen molar-refractivity contribution in [2.75, 3.05) is 13.2 Å². The van der Waals surface area contributed by atoms with Crippen molar-refractivity contribution in [1.29, 1.82) is 0 Å². The van der Waals surface area contributed by atoms with Crippen LogP contribution in [0.2, 0.25) is 0 Å². The number of nitrogens with one attached hydrogen (secondary N) is 1. The highest BCUT2D eigenvalue weighted by molar-refractivity contribution is 5.84. The fraction of sp³-hybridized carbons (Fsp3) is 0.667. The summed E-state index contributed by atoms with van der Waals surface area (Å²) in [5.41, 5.74) is -0.459. The summed E-state index contributed by atoms with van der Waals surface area (Å²) in [4.78, 5) is 27.2. The Hall–Kier alpha value is -1.82. The molecule has 3 heterocycles. The molecule has 0 bridgehead atoms. The van der Waals surface area contributed by atoms with Crippen LogP contribution in [0.5, 0.6) is 0 Å². The quantitative estimate of drug-likeness (QED) is 0.917. The minimum absolute atomic E-state index is 0.0376. The van der Waals surface area contributed by atoms with Crippen LogP contribution in [0.25, 0.3) is 0 Å². The van der Waals surface area contributed by atoms with Crippen molar-refractivity contribution in [3.05, 3.63) is 24.2 Å². The molecule has 6 heteroatoms. The maximum absolute atomic E-state index is 12.8. The number of carbonyl (C=O) groups is 2. The zero-order valence-electron chi connectivity index (χ0n) is 14.6. The first-order valence-corrected chi connectivity index (χ1v) is 8.59. The van der Waals surface area contributed by atoms with Crippen LogP contribution >= 0.6 is 0 Å². The van der Waals surface area contributed by atoms with Gasteiger partial charge in [-0.1, -0.05) is 20.8 Å². The van der Waals surface area contributed by atoms with E-state index in [0.29, 0.717) is 26.1 Å². The van der Waals surface area contributed by atoms with Gasteiger partial charge in [-0.15, -0.1) is 0 Å². The van der Waals surface area contributed by atoms with Gasteiger partial charge in [-0.25, -0.2) is 0 Å². The highest BCUT2D eigenvalue weighted by atomic mass is 16.5. The zero-order chi connectivity index (χ0) is 17.3. The van der Waals surface area contributed by atoms with Crippen LogP contribution in [0.4, 0.5) is 0 Å². The summed E-state index contributed by atoms with van der Waals surface area (Å²) >= 11 is 0. The fourth-order valence-corrected chi connectivity index (χ4v) is 3.53. The second-order valence-corrected chi connectivity index (χ2v) is 7.70. The number of furan rings is 1. The van der Waals surface area contributed by atoms with E-state index in [1.165, 1.54) is 0 Å². The van der Waals surface area contributed by atoms with Crippen molar-refractivity contribution in [2.45, 2.75) is 52.3 Å². The van der Waals surface area contributed by atoms with Gasteiger partial charge >= 0.3 is 0 Å². The minimum atomic E-state index is -0.459. The Morgan fingerprint density at radius 3 is 2.83 bits per heavy atom. The van der Waals surface area contributed by atoms with E-state index in [1.807, 2.05) is 31.7 Å². The Morgan fingerprint density at radius 2 is 2.17 bits per heavy atom. The number of hydrogen-bond acceptors (Lipinski definition) is 4. The number of fused-ring (bicyclic) bond motifs is 1. The molecule has 2 saturated heterocycles. The minimum Gasteiger partial charge on any atom is -0.467 e. The Balaban J connectivity index is 1.68. The number of likely N-dealkylation sites (tertiary alicyclic amines) is 1. The summed E-state index contributed by atoms with van der Waals surface area (Å²) in [5, 5.41) is 2.91. The van der Waals surface area contributed by atoms with Crippen LogP contribution < -0.4 is 5.32 Å². The largest absolute Gasteiger partial charge is 0.467 e. The van der Waals surface area contributed by atoms with Crippen molar-refractivity contribution in [3.63, 3.8) is 0 Å². The van der Waals surface area contributed by atoms with E-state index in [2.05, 4.69) is 5.32 Å². The van der Waals surface area contributed by atoms with Crippen LogP contribution in [0.15, 0.2) is 22.8 Å². The van der Waals surface area contributed by atoms with Crippen LogP contribution in [0.3, 0.4) is 0 Å². The summed E-state index contributed by atoms with van der Waals surface area (Å²) in [6, 6.07) is 3.72. The first-order valence-electron chi connectivity index (χ1n) is 8.59. The molecule has 2 aliphatic heterocycles. The van der Waals surface area contributed by atoms with Crippen molar-refractivity contribution >= 4 is 11.8 Å². The molecule has 1 aromatic heterocycles. The summed E-state index contributed by atoms with van der Waals surface area (Å²) < 4.78 is 11.0. The Labute approximate surface area is 142 Å². The van der Waals surface area contributed by atoms with E-state index >= 15 is 0 Å². The van der Waals surface area contributed by atoms with Crippen LogP contribution in [-0.2, 0) is 20.9 Å². The average Bonchev–Trinajstić information content (AvgIpc) is 3.20. The lowest BCUT2D eigenvalue weighted by molar-refractivity contribution is -0.149. The number of carbonyl (C=O) groups excluding carboxylic acids is 2. The third kappa shape index (κ3) is 3.48. The van der Waals surface area contributed by atoms with Crippen LogP contribution in [0, 0.1) is 11.3 Å². The number of ether oxygens (including phenoxy) is 1. The smallest absolute Gasteiger partial charge is 0.228 e. The molecule has 1 N–H and O–H groups in total. The summed E-state index contributed by atoms with van der Waals surface area (Å²) in [7, 11) is 0. The van der Waals surface area contributed by atoms with E-state index in [0.717, 1.165) is 12.2 Å². The predicted octanol–water partition coefficient (Wildman–Crippen LogP) is 1.95. The molecule has 6 nitrogen and oxygen atoms in total. The molecule has 3 rings (SSSR count). The molecule has 0 aliphatic carbocycles. The molecule has 2 fully saturated rings. The van der Waals surface area contributed by atoms with Crippen LogP contribution in [-0.4, -0.2) is 42.0 Å². The molecular weight excluding hydrogens is 308 g/mol. The molecule has 1 aromatic rings. The van der Waals surface area contributed by atoms with E-state index in [9.17, 15) is 9.59 Å². The molecular formula is C18H26N2O4. The first kappa shape index (κ1) is 17.0. The molecule has 0 unspecified atom stereocenters. The van der Waals surface area contributed by atoms with Crippen molar-refractivity contribution < 1.29 is 18.7 Å². The van der Waals surface area contributed by atoms with Gasteiger partial charge in [0.15, 0.2) is 0 Å². The van der Waals surface area contributed by atoms with Gasteiger partial charge in [0.05, 0.1) is 30.9 Å². The van der Waals surface area contributed by atoms with Gasteiger partial charge in [0.1, 0.15) is 5.76 Å². The Kier molecular flexibility index (Phi) is 4.67. The topological polar surface area (TPSA) is 71.8 Å². The lowest BCUT2D eigenvalue weighted by atomic mass is 9.86. The highest BCUT2D eigenvalue weighted by Gasteiger charge is 2.46. The summed E-state index contributed by atoms with van der Waals surface area (Å²) in [6.45, 7) is 7.24. The third-order valence-electron chi connectivity index (χ3n) is 4.80. The van der Waals surface area contributed by atoms with Gasteiger partial charge in [0.2, 0.25) is 11.8 Å². The van der Waals surface area contributed by atoms with Gasteiger partial charge in [-0.3, -0.25) is 9.59 Å². The highest BCUT2D eigenvalue weighted by Crippen LogP contribution is 2.34. The van der Waals surface area contributed by atoms with Gasteiger partial charge < -0.3 is 19.4 Å². The van der Waals surface area contributed by atoms with Gasteiger partial charge in [-0.05, 0) is 25.0 Å². The lowest BCUT2D eigenvalue weighted by Crippen LogP contribution is -2.57. The number of piperidine rings is 1. The van der Waals surface area contributed by atoms with Crippen LogP contribution in [0.1, 0.15) is 39.4 Å². The fourth-order valence-electron chi connectivity index (χ4n) is 3.53. The Morgan fingerprint density at radius 1 is 1.38 bits per heavy atom. The SMILES string of the molecule is CC(C)(C)C(=O)N1C[C@@H](C(=O)NCc2ccco2)C[C@H]2OCC[C@H]21.